The van der Waals surface area contributed by atoms with E-state index in [1.807, 2.05) is 12.1 Å². The van der Waals surface area contributed by atoms with Gasteiger partial charge in [-0.05, 0) is 121 Å². The lowest BCUT2D eigenvalue weighted by Crippen LogP contribution is -2.61. The number of aliphatic hydroxyl groups excluding tert-OH is 2. The summed E-state index contributed by atoms with van der Waals surface area (Å²) in [6.45, 7) is 10.3. The lowest BCUT2D eigenvalue weighted by molar-refractivity contribution is -0.199. The fraction of sp³-hybridized carbons (Fsp3) is 0.844. The van der Waals surface area contributed by atoms with Crippen molar-refractivity contribution < 1.29 is 28.3 Å². The van der Waals surface area contributed by atoms with Gasteiger partial charge in [0.15, 0.2) is 0 Å². The molecule has 40 heavy (non-hydrogen) atoms. The smallest absolute Gasteiger partial charge is 0.393 e. The van der Waals surface area contributed by atoms with E-state index in [9.17, 15) is 14.8 Å². The Labute approximate surface area is 240 Å². The Morgan fingerprint density at radius 1 is 1.05 bits per heavy atom. The van der Waals surface area contributed by atoms with E-state index in [4.69, 9.17) is 13.6 Å². The third kappa shape index (κ3) is 4.95. The van der Waals surface area contributed by atoms with E-state index in [1.165, 1.54) is 25.7 Å². The molecule has 0 aromatic carbocycles. The molecule has 5 unspecified atom stereocenters. The second kappa shape index (κ2) is 11.0. The van der Waals surface area contributed by atoms with E-state index in [2.05, 4.69) is 32.7 Å². The molecule has 4 aliphatic carbocycles. The van der Waals surface area contributed by atoms with Crippen LogP contribution in [-0.4, -0.2) is 40.6 Å². The van der Waals surface area contributed by atoms with Crippen molar-refractivity contribution in [3.63, 3.8) is 0 Å². The molecule has 6 rings (SSSR count). The lowest BCUT2D eigenvalue weighted by Gasteiger charge is -2.64. The van der Waals surface area contributed by atoms with E-state index in [1.54, 1.807) is 12.4 Å². The number of nitrogens with zero attached hydrogens (tertiary/aromatic N) is 1. The van der Waals surface area contributed by atoms with Gasteiger partial charge in [-0.25, -0.2) is 4.57 Å². The van der Waals surface area contributed by atoms with Crippen LogP contribution >= 0.6 is 7.82 Å². The first-order valence-corrected chi connectivity index (χ1v) is 17.4. The van der Waals surface area contributed by atoms with Gasteiger partial charge in [0.2, 0.25) is 0 Å². The van der Waals surface area contributed by atoms with Crippen molar-refractivity contribution in [1.82, 2.24) is 4.98 Å². The van der Waals surface area contributed by atoms with E-state index < -0.39 is 7.82 Å². The number of phosphoric acid groups is 1. The molecule has 5 aliphatic rings. The fourth-order valence-corrected chi connectivity index (χ4v) is 12.0. The van der Waals surface area contributed by atoms with Gasteiger partial charge in [0, 0.05) is 18.8 Å². The number of hydrogen-bond donors (Lipinski definition) is 2. The second-order valence-corrected chi connectivity index (χ2v) is 16.1. The fourth-order valence-electron chi connectivity index (χ4n) is 10.6. The van der Waals surface area contributed by atoms with Gasteiger partial charge in [-0.1, -0.05) is 27.7 Å². The van der Waals surface area contributed by atoms with Crippen LogP contribution in [0.3, 0.4) is 0 Å². The number of pyridine rings is 1. The number of fused-ring (bicyclic) bond motifs is 5. The number of rotatable bonds is 6. The molecule has 1 aromatic rings. The molecule has 0 spiro atoms. The average Bonchev–Trinajstić information content (AvgIpc) is 3.30. The van der Waals surface area contributed by atoms with Crippen molar-refractivity contribution in [2.75, 3.05) is 13.2 Å². The molecule has 1 aliphatic heterocycles. The molecule has 0 radical (unpaired) electrons. The summed E-state index contributed by atoms with van der Waals surface area (Å²) in [7, 11) is -3.60. The third-order valence-corrected chi connectivity index (χ3v) is 14.2. The normalized spacial score (nSPS) is 49.5. The summed E-state index contributed by atoms with van der Waals surface area (Å²) in [4.78, 5) is 4.06. The van der Waals surface area contributed by atoms with E-state index in [0.29, 0.717) is 55.1 Å². The monoisotopic (exact) mass is 575 g/mol. The van der Waals surface area contributed by atoms with Crippen LogP contribution < -0.4 is 0 Å². The summed E-state index contributed by atoms with van der Waals surface area (Å²) in [5.74, 6) is 3.06. The van der Waals surface area contributed by atoms with E-state index in [0.717, 1.165) is 31.2 Å². The zero-order chi connectivity index (χ0) is 28.3. The summed E-state index contributed by atoms with van der Waals surface area (Å²) in [5, 5.41) is 22.2. The standard InChI is InChI=1S/C32H50NO6P/c1-20(11-17-37-40(36)38-18-12-28(39-40)22-9-15-33-16-10-22)24-5-6-25-29-26(8-14-31(24,25)3)32(4)13-7-23(34)19-27(32)21(2)30(29)35/h9-10,15-16,20-21,23-30,34-35H,5-8,11-14,17-19H2,1-4H3/t20-,21-,23-,24?,25?,26?,27?,28+,29?,30-,31-,32-,40+/m1/s1. The molecule has 0 amide bonds. The zero-order valence-electron chi connectivity index (χ0n) is 24.8. The highest BCUT2D eigenvalue weighted by molar-refractivity contribution is 7.48. The van der Waals surface area contributed by atoms with Gasteiger partial charge in [0.25, 0.3) is 0 Å². The Bertz CT molecular complexity index is 1090. The maximum absolute atomic E-state index is 13.3. The Balaban J connectivity index is 1.10. The Morgan fingerprint density at radius 2 is 1.77 bits per heavy atom. The van der Waals surface area contributed by atoms with E-state index in [-0.39, 0.29) is 35.1 Å². The molecule has 7 nitrogen and oxygen atoms in total. The highest BCUT2D eigenvalue weighted by Gasteiger charge is 2.64. The van der Waals surface area contributed by atoms with Gasteiger partial charge >= 0.3 is 7.82 Å². The predicted molar refractivity (Wildman–Crippen MR) is 153 cm³/mol. The molecule has 5 fully saturated rings. The summed E-state index contributed by atoms with van der Waals surface area (Å²) in [6.07, 6.45) is 11.7. The highest BCUT2D eigenvalue weighted by atomic mass is 31.2. The van der Waals surface area contributed by atoms with Crippen LogP contribution in [0.5, 0.6) is 0 Å². The largest absolute Gasteiger partial charge is 0.475 e. The average molecular weight is 576 g/mol. The molecular weight excluding hydrogens is 525 g/mol. The molecule has 2 heterocycles. The van der Waals surface area contributed by atoms with Crippen LogP contribution in [0.4, 0.5) is 0 Å². The first-order chi connectivity index (χ1) is 19.1. The zero-order valence-corrected chi connectivity index (χ0v) is 25.7. The molecule has 1 saturated heterocycles. The molecule has 0 bridgehead atoms. The molecule has 1 aromatic heterocycles. The molecular formula is C32H50NO6P. The lowest BCUT2D eigenvalue weighted by atomic mass is 9.42. The van der Waals surface area contributed by atoms with Gasteiger partial charge in [-0.15, -0.1) is 0 Å². The van der Waals surface area contributed by atoms with Gasteiger partial charge in [-0.2, -0.15) is 0 Å². The van der Waals surface area contributed by atoms with Crippen molar-refractivity contribution >= 4 is 7.82 Å². The summed E-state index contributed by atoms with van der Waals surface area (Å²) < 4.78 is 30.5. The first-order valence-electron chi connectivity index (χ1n) is 15.9. The molecule has 2 N–H and O–H groups in total. The first kappa shape index (κ1) is 29.3. The summed E-state index contributed by atoms with van der Waals surface area (Å²) >= 11 is 0. The molecule has 4 saturated carbocycles. The highest BCUT2D eigenvalue weighted by Crippen LogP contribution is 2.69. The van der Waals surface area contributed by atoms with Crippen molar-refractivity contribution in [3.8, 4) is 0 Å². The van der Waals surface area contributed by atoms with E-state index >= 15 is 0 Å². The maximum Gasteiger partial charge on any atom is 0.475 e. The number of hydrogen-bond acceptors (Lipinski definition) is 7. The number of aliphatic hydroxyl groups is 2. The van der Waals surface area contributed by atoms with Gasteiger partial charge in [0.05, 0.1) is 31.5 Å². The van der Waals surface area contributed by atoms with Crippen LogP contribution in [0.25, 0.3) is 0 Å². The molecule has 8 heteroatoms. The third-order valence-electron chi connectivity index (χ3n) is 12.7. The van der Waals surface area contributed by atoms with Gasteiger partial charge in [0.1, 0.15) is 0 Å². The Kier molecular flexibility index (Phi) is 8.07. The van der Waals surface area contributed by atoms with Gasteiger partial charge < -0.3 is 10.2 Å². The topological polar surface area (TPSA) is 98.1 Å². The molecule has 224 valence electrons. The number of aromatic nitrogens is 1. The van der Waals surface area contributed by atoms with Crippen LogP contribution in [0.15, 0.2) is 24.5 Å². The van der Waals surface area contributed by atoms with Crippen LogP contribution in [0, 0.1) is 52.3 Å². The SMILES string of the molecule is C[C@H](CCO[P@@]1(=O)OCC[C@@H](c2ccncc2)O1)C1CCC2C3C(CC[C@@]21C)[C@@]1(C)CC[C@@H](O)CC1[C@@H](C)[C@H]3O. The van der Waals surface area contributed by atoms with Crippen molar-refractivity contribution in [2.45, 2.75) is 104 Å². The van der Waals surface area contributed by atoms with Crippen molar-refractivity contribution in [2.24, 2.45) is 52.3 Å². The number of phosphoric ester groups is 1. The quantitative estimate of drug-likeness (QED) is 0.354. The van der Waals surface area contributed by atoms with Crippen LogP contribution in [0.1, 0.15) is 97.1 Å². The minimum atomic E-state index is -3.60. The minimum Gasteiger partial charge on any atom is -0.393 e. The Morgan fingerprint density at radius 3 is 2.55 bits per heavy atom. The molecule has 13 atom stereocenters. The minimum absolute atomic E-state index is 0.202. The van der Waals surface area contributed by atoms with Crippen molar-refractivity contribution in [1.29, 1.82) is 0 Å². The summed E-state index contributed by atoms with van der Waals surface area (Å²) in [5.41, 5.74) is 1.37. The maximum atomic E-state index is 13.3. The van der Waals surface area contributed by atoms with Crippen LogP contribution in [-0.2, 0) is 18.1 Å². The Hall–Kier alpha value is -0.820. The summed E-state index contributed by atoms with van der Waals surface area (Å²) in [6, 6.07) is 3.77. The van der Waals surface area contributed by atoms with Crippen molar-refractivity contribution in [3.05, 3.63) is 30.1 Å². The van der Waals surface area contributed by atoms with Gasteiger partial charge in [-0.3, -0.25) is 18.6 Å². The predicted octanol–water partition coefficient (Wildman–Crippen LogP) is 6.95. The second-order valence-electron chi connectivity index (χ2n) is 14.5. The van der Waals surface area contributed by atoms with Crippen LogP contribution in [0.2, 0.25) is 0 Å².